The molecule has 0 saturated heterocycles. The zero-order chi connectivity index (χ0) is 14.8. The molecule has 2 rings (SSSR count). The zero-order valence-electron chi connectivity index (χ0n) is 11.2. The predicted octanol–water partition coefficient (Wildman–Crippen LogP) is -0.923. The van der Waals surface area contributed by atoms with E-state index in [4.69, 9.17) is 0 Å². The van der Waals surface area contributed by atoms with Crippen molar-refractivity contribution in [1.29, 1.82) is 0 Å². The van der Waals surface area contributed by atoms with Crippen LogP contribution in [-0.4, -0.2) is 47.3 Å². The van der Waals surface area contributed by atoms with Crippen LogP contribution in [0.2, 0.25) is 0 Å². The minimum atomic E-state index is -3.15. The summed E-state index contributed by atoms with van der Waals surface area (Å²) in [4.78, 5) is 15.7. The number of H-pyrrole nitrogens is 1. The first kappa shape index (κ1) is 14.5. The lowest BCUT2D eigenvalue weighted by Crippen LogP contribution is -2.24. The molecule has 0 aliphatic carbocycles. The summed E-state index contributed by atoms with van der Waals surface area (Å²) in [6.45, 7) is 2.62. The molecule has 0 aliphatic heterocycles. The van der Waals surface area contributed by atoms with E-state index in [1.807, 2.05) is 0 Å². The van der Waals surface area contributed by atoms with Gasteiger partial charge in [-0.1, -0.05) is 0 Å². The predicted molar refractivity (Wildman–Crippen MR) is 74.3 cm³/mol. The Kier molecular flexibility index (Phi) is 4.04. The highest BCUT2D eigenvalue weighted by Crippen LogP contribution is 2.07. The summed E-state index contributed by atoms with van der Waals surface area (Å²) in [5.74, 6) is 1.12. The number of hydrogen-bond acceptors (Lipinski definition) is 6. The smallest absolute Gasteiger partial charge is 0.349 e. The van der Waals surface area contributed by atoms with E-state index < -0.39 is 10.0 Å². The van der Waals surface area contributed by atoms with E-state index in [0.29, 0.717) is 36.8 Å². The third-order valence-corrected chi connectivity index (χ3v) is 3.32. The number of anilines is 1. The van der Waals surface area contributed by atoms with Crippen LogP contribution < -0.4 is 15.7 Å². The lowest BCUT2D eigenvalue weighted by molar-refractivity contribution is 0.586. The quantitative estimate of drug-likeness (QED) is 0.593. The van der Waals surface area contributed by atoms with Gasteiger partial charge in [0.2, 0.25) is 10.0 Å². The van der Waals surface area contributed by atoms with Gasteiger partial charge in [-0.25, -0.2) is 32.4 Å². The summed E-state index contributed by atoms with van der Waals surface area (Å²) in [5.41, 5.74) is 0.160. The second kappa shape index (κ2) is 5.59. The van der Waals surface area contributed by atoms with Gasteiger partial charge >= 0.3 is 5.69 Å². The van der Waals surface area contributed by atoms with Crippen molar-refractivity contribution in [2.75, 3.05) is 24.7 Å². The van der Waals surface area contributed by atoms with Gasteiger partial charge < -0.3 is 5.32 Å². The van der Waals surface area contributed by atoms with Crippen LogP contribution in [0, 0.1) is 6.92 Å². The van der Waals surface area contributed by atoms with Crippen molar-refractivity contribution in [3.63, 3.8) is 0 Å². The third kappa shape index (κ3) is 3.54. The van der Waals surface area contributed by atoms with Crippen molar-refractivity contribution in [1.82, 2.24) is 24.3 Å². The maximum atomic E-state index is 11.4. The van der Waals surface area contributed by atoms with Crippen molar-refractivity contribution in [2.45, 2.75) is 13.3 Å². The van der Waals surface area contributed by atoms with Crippen molar-refractivity contribution in [3.05, 3.63) is 22.4 Å². The van der Waals surface area contributed by atoms with Gasteiger partial charge in [0, 0.05) is 19.2 Å². The number of aryl methyl sites for hydroxylation is 1. The van der Waals surface area contributed by atoms with E-state index in [0.717, 1.165) is 6.26 Å². The number of sulfonamides is 1. The van der Waals surface area contributed by atoms with Crippen LogP contribution in [0.3, 0.4) is 0 Å². The van der Waals surface area contributed by atoms with Crippen molar-refractivity contribution < 1.29 is 8.42 Å². The van der Waals surface area contributed by atoms with Crippen LogP contribution in [0.4, 0.5) is 5.82 Å². The molecule has 2 aromatic rings. The molecule has 9 nitrogen and oxygen atoms in total. The third-order valence-electron chi connectivity index (χ3n) is 2.59. The second-order valence-corrected chi connectivity index (χ2v) is 6.19. The average Bonchev–Trinajstić information content (AvgIpc) is 2.69. The molecule has 0 aromatic carbocycles. The molecular weight excluding hydrogens is 284 g/mol. The van der Waals surface area contributed by atoms with Gasteiger partial charge in [0.15, 0.2) is 5.65 Å². The van der Waals surface area contributed by atoms with Crippen LogP contribution in [0.1, 0.15) is 12.2 Å². The van der Waals surface area contributed by atoms with E-state index in [2.05, 4.69) is 25.2 Å². The molecule has 0 radical (unpaired) electrons. The molecule has 2 aromatic heterocycles. The van der Waals surface area contributed by atoms with Crippen LogP contribution in [0.5, 0.6) is 0 Å². The molecule has 20 heavy (non-hydrogen) atoms. The lowest BCUT2D eigenvalue weighted by atomic mass is 10.4. The fourth-order valence-electron chi connectivity index (χ4n) is 1.75. The molecule has 3 N–H and O–H groups in total. The second-order valence-electron chi connectivity index (χ2n) is 4.36. The summed E-state index contributed by atoms with van der Waals surface area (Å²) >= 11 is 0. The van der Waals surface area contributed by atoms with Crippen molar-refractivity contribution in [3.8, 4) is 0 Å². The van der Waals surface area contributed by atoms with Crippen LogP contribution in [0.15, 0.2) is 10.9 Å². The Morgan fingerprint density at radius 3 is 2.85 bits per heavy atom. The summed E-state index contributed by atoms with van der Waals surface area (Å²) < 4.78 is 25.5. The number of nitrogens with zero attached hydrogens (tertiary/aromatic N) is 3. The molecule has 0 amide bonds. The summed E-state index contributed by atoms with van der Waals surface area (Å²) in [7, 11) is -3.15. The van der Waals surface area contributed by atoms with E-state index in [9.17, 15) is 13.2 Å². The number of hydrogen-bond donors (Lipinski definition) is 3. The Bertz CT molecular complexity index is 763. The molecule has 10 heteroatoms. The van der Waals surface area contributed by atoms with E-state index in [1.54, 1.807) is 13.0 Å². The summed E-state index contributed by atoms with van der Waals surface area (Å²) in [6.07, 6.45) is 1.74. The van der Waals surface area contributed by atoms with Crippen molar-refractivity contribution in [2.24, 2.45) is 0 Å². The highest BCUT2D eigenvalue weighted by Gasteiger charge is 2.06. The van der Waals surface area contributed by atoms with Crippen molar-refractivity contribution >= 4 is 21.5 Å². The number of aromatic nitrogens is 4. The molecular formula is C10H16N6O3S. The Hall–Kier alpha value is -1.94. The first-order valence-corrected chi connectivity index (χ1v) is 7.89. The number of nitrogens with one attached hydrogen (secondary N) is 3. The van der Waals surface area contributed by atoms with Crippen LogP contribution in [0.25, 0.3) is 5.65 Å². The molecule has 0 bridgehead atoms. The maximum Gasteiger partial charge on any atom is 0.349 e. The van der Waals surface area contributed by atoms with Gasteiger partial charge in [-0.3, -0.25) is 0 Å². The van der Waals surface area contributed by atoms with Gasteiger partial charge in [0.05, 0.1) is 6.26 Å². The fraction of sp³-hybridized carbons (Fsp3) is 0.500. The Morgan fingerprint density at radius 2 is 2.15 bits per heavy atom. The molecule has 0 saturated carbocycles. The van der Waals surface area contributed by atoms with Gasteiger partial charge in [-0.05, 0) is 13.3 Å². The minimum absolute atomic E-state index is 0.325. The van der Waals surface area contributed by atoms with Gasteiger partial charge in [0.1, 0.15) is 11.6 Å². The van der Waals surface area contributed by atoms with Crippen LogP contribution >= 0.6 is 0 Å². The van der Waals surface area contributed by atoms with Gasteiger partial charge in [-0.2, -0.15) is 5.10 Å². The van der Waals surface area contributed by atoms with E-state index >= 15 is 0 Å². The summed E-state index contributed by atoms with van der Waals surface area (Å²) in [5, 5.41) is 9.28. The van der Waals surface area contributed by atoms with Crippen LogP contribution in [-0.2, 0) is 10.0 Å². The molecule has 0 spiro atoms. The topological polar surface area (TPSA) is 121 Å². The largest absolute Gasteiger partial charge is 0.370 e. The Balaban J connectivity index is 1.95. The minimum Gasteiger partial charge on any atom is -0.370 e. The van der Waals surface area contributed by atoms with Gasteiger partial charge in [-0.15, -0.1) is 0 Å². The lowest BCUT2D eigenvalue weighted by Gasteiger charge is -2.07. The SMILES string of the molecule is Cc1nc(NCCCNS(C)(=O)=O)cc2n[nH]c(=O)n12. The first-order chi connectivity index (χ1) is 9.37. The maximum absolute atomic E-state index is 11.4. The van der Waals surface area contributed by atoms with E-state index in [-0.39, 0.29) is 5.69 Å². The van der Waals surface area contributed by atoms with E-state index in [1.165, 1.54) is 4.40 Å². The number of rotatable bonds is 6. The Morgan fingerprint density at radius 1 is 1.40 bits per heavy atom. The molecule has 0 atom stereocenters. The normalized spacial score (nSPS) is 11.9. The fourth-order valence-corrected chi connectivity index (χ4v) is 2.27. The first-order valence-electron chi connectivity index (χ1n) is 6.00. The molecule has 0 fully saturated rings. The monoisotopic (exact) mass is 300 g/mol. The van der Waals surface area contributed by atoms with Gasteiger partial charge in [0.25, 0.3) is 0 Å². The average molecular weight is 300 g/mol. The molecule has 2 heterocycles. The number of aromatic amines is 1. The summed E-state index contributed by atoms with van der Waals surface area (Å²) in [6, 6.07) is 1.65. The molecule has 0 unspecified atom stereocenters. The number of fused-ring (bicyclic) bond motifs is 1. The highest BCUT2D eigenvalue weighted by molar-refractivity contribution is 7.88. The highest BCUT2D eigenvalue weighted by atomic mass is 32.2. The molecule has 110 valence electrons. The Labute approximate surface area is 115 Å². The zero-order valence-corrected chi connectivity index (χ0v) is 12.0. The standard InChI is InChI=1S/C10H16N6O3S/c1-7-13-8(6-9-14-15-10(17)16(7)9)11-4-3-5-12-20(2,18)19/h6,11-12H,3-5H2,1-2H3,(H,15,17). The molecule has 0 aliphatic rings.